The van der Waals surface area contributed by atoms with Crippen LogP contribution in [-0.4, -0.2) is 389 Å². The van der Waals surface area contributed by atoms with Crippen LogP contribution in [0.15, 0.2) is 43.4 Å². The molecular weight excluding hydrogens is 1820 g/mol. The van der Waals surface area contributed by atoms with Crippen LogP contribution in [0.25, 0.3) is 0 Å². The number of nitrogens with one attached hydrogen (secondary N) is 2. The Balaban J connectivity index is 0.000000114. The van der Waals surface area contributed by atoms with Crippen molar-refractivity contribution in [1.29, 1.82) is 0 Å². The van der Waals surface area contributed by atoms with E-state index in [9.17, 15) is 49.5 Å². The molecule has 788 valence electrons. The van der Waals surface area contributed by atoms with Crippen LogP contribution < -0.4 is 35.1 Å². The average molecular weight is 1990 g/mol. The summed E-state index contributed by atoms with van der Waals surface area (Å²) < 4.78 is 0. The van der Waals surface area contributed by atoms with Crippen LogP contribution in [0.2, 0.25) is 0 Å². The zero-order chi connectivity index (χ0) is 100. The smallest absolute Gasteiger partial charge is 0.257 e. The predicted octanol–water partition coefficient (Wildman–Crippen LogP) is 8.11. The minimum Gasteiger partial charge on any atom is -0.393 e. The second-order valence-electron chi connectivity index (χ2n) is 47.0. The summed E-state index contributed by atoms with van der Waals surface area (Å²) in [5.41, 5.74) is 5.30. The van der Waals surface area contributed by atoms with Crippen molar-refractivity contribution in [2.24, 2.45) is 88.8 Å². The molecule has 144 heavy (non-hydrogen) atoms. The van der Waals surface area contributed by atoms with Crippen LogP contribution in [0, 0.1) is 110 Å². The van der Waals surface area contributed by atoms with Gasteiger partial charge in [-0.1, -0.05) is 79.6 Å². The second-order valence-corrected chi connectivity index (χ2v) is 47.0. The molecule has 7 N–H and O–H groups in total. The Kier molecular flexibility index (Phi) is 33.9. The van der Waals surface area contributed by atoms with Crippen LogP contribution in [0.3, 0.4) is 0 Å². The number of rotatable bonds is 13. The van der Waals surface area contributed by atoms with Crippen LogP contribution in [-0.2, 0) is 0 Å². The number of aliphatic hydroxyl groups excluding tert-OH is 5. The van der Waals surface area contributed by atoms with Gasteiger partial charge in [0.1, 0.15) is 0 Å². The van der Waals surface area contributed by atoms with Crippen LogP contribution in [0.1, 0.15) is 251 Å². The lowest BCUT2D eigenvalue weighted by molar-refractivity contribution is 0.0382. The van der Waals surface area contributed by atoms with E-state index in [1.54, 1.807) is 43.4 Å². The molecule has 5 amide bonds. The van der Waals surface area contributed by atoms with Crippen molar-refractivity contribution >= 4 is 59.3 Å². The normalized spacial score (nSPS) is 32.5. The quantitative estimate of drug-likeness (QED) is 0.0585. The summed E-state index contributed by atoms with van der Waals surface area (Å²) >= 11 is 0. The van der Waals surface area contributed by atoms with Gasteiger partial charge >= 0.3 is 0 Å². The van der Waals surface area contributed by atoms with E-state index in [0.717, 1.165) is 314 Å². The van der Waals surface area contributed by atoms with Gasteiger partial charge in [0.2, 0.25) is 29.7 Å². The Labute approximate surface area is 853 Å². The van der Waals surface area contributed by atoms with Crippen molar-refractivity contribution < 1.29 is 49.5 Å². The molecule has 5 aromatic heterocycles. The van der Waals surface area contributed by atoms with Gasteiger partial charge in [-0.15, -0.1) is 0 Å². The lowest BCUT2D eigenvalue weighted by atomic mass is 9.75. The minimum atomic E-state index is -0.228. The van der Waals surface area contributed by atoms with Crippen molar-refractivity contribution in [3.8, 4) is 0 Å². The number of aliphatic hydroxyl groups is 5. The van der Waals surface area contributed by atoms with E-state index in [1.807, 2.05) is 45.3 Å². The molecule has 20 unspecified atom stereocenters. The number of aryl methyl sites for hydroxylation is 3. The Bertz CT molecular complexity index is 5010. The molecule has 0 bridgehead atoms. The van der Waals surface area contributed by atoms with Gasteiger partial charge in [-0.3, -0.25) is 38.7 Å². The number of anilines is 5. The zero-order valence-corrected chi connectivity index (χ0v) is 87.4. The number of carbonyl (C=O) groups excluding carboxylic acids is 5. The van der Waals surface area contributed by atoms with E-state index in [1.165, 1.54) is 83.5 Å². The number of likely N-dealkylation sites (tertiary alicyclic amines) is 5. The van der Waals surface area contributed by atoms with E-state index in [2.05, 4.69) is 124 Å². The molecule has 23 rings (SSSR count). The number of aromatic nitrogens is 10. The first-order valence-corrected chi connectivity index (χ1v) is 56.1. The Morgan fingerprint density at radius 1 is 0.257 bits per heavy atom. The number of hydrogen-bond donors (Lipinski definition) is 7. The van der Waals surface area contributed by atoms with E-state index in [-0.39, 0.29) is 60.1 Å². The highest BCUT2D eigenvalue weighted by Gasteiger charge is 2.49. The summed E-state index contributed by atoms with van der Waals surface area (Å²) in [7, 11) is 0. The third-order valence-corrected chi connectivity index (χ3v) is 37.4. The van der Waals surface area contributed by atoms with Crippen molar-refractivity contribution in [3.05, 3.63) is 88.3 Å². The van der Waals surface area contributed by atoms with Crippen molar-refractivity contribution in [2.75, 3.05) is 221 Å². The molecule has 35 nitrogen and oxygen atoms in total. The van der Waals surface area contributed by atoms with Crippen LogP contribution in [0.4, 0.5) is 29.7 Å². The molecule has 10 aliphatic heterocycles. The average Bonchev–Trinajstić information content (AvgIpc) is 1.65. The van der Waals surface area contributed by atoms with Gasteiger partial charge in [0.25, 0.3) is 29.5 Å². The number of hydrogen-bond acceptors (Lipinski definition) is 30. The molecule has 18 aliphatic rings. The van der Waals surface area contributed by atoms with Gasteiger partial charge < -0.3 is 85.2 Å². The third-order valence-electron chi connectivity index (χ3n) is 37.4. The molecule has 10 saturated heterocycles. The lowest BCUT2D eigenvalue weighted by Crippen LogP contribution is -2.51. The molecule has 0 radical (unpaired) electrons. The standard InChI is InChI=1S/C25H39N5O2.C24H37N5O2.C23H35N5O2.C19H29N5O2.C18H27N5O2/c1-17-12-19-15-30(16-20(19)13-23(17)31)24(32)22-14-26-25(27-18(22)2)29-10-8-28(9-11-29)21-6-4-3-5-7-21;1-16-11-18-14-29(15-19(18)12-22(16)30)23(31)21-13-25-24(26-17(21)2)28-9-7-27(8-10-28)20-5-3-4-6-20;1-16-10-17-14-28(15-18(17)11-21(16)29)22(30)19-12-24-23(25-13-19)27-8-6-26(7-9-27)20-4-2-3-5-20;1-12-7-14-10-24(11-15(14)8-17(12)25)18(26)16-9-21-19(22-13(16)2)23-5-3-20-4-6-23;1-12-6-13-10-23(11-14(13)7-16(12)24)17(25)15-8-20-18(21-9-15)22-4-2-19-3-5-22/h14,17,19-21,23,31H,3-13,15-16H2,1-2H3;13,16,18-20,22,30H,3-12,14-15H2,1-2H3;12-13,16-18,20-21,29H,2-11,14-15H2,1H3;9,12,14-15,17,20,25H,3-8,10-11H2,1-2H3;8-9,12-14,16,19,24H,2-7,10-11H2,1H3. The van der Waals surface area contributed by atoms with Gasteiger partial charge in [-0.2, -0.15) is 0 Å². The van der Waals surface area contributed by atoms with Crippen molar-refractivity contribution in [3.63, 3.8) is 0 Å². The summed E-state index contributed by atoms with van der Waals surface area (Å²) in [5.74, 6) is 10.2. The first kappa shape index (κ1) is 104. The zero-order valence-electron chi connectivity index (χ0n) is 87.4. The number of piperazine rings is 5. The SMILES string of the molecule is CC1CC2CN(C(=O)c3cnc(N4CCN(C5CCCC5)CC4)nc3)CC2CC1O.CC1CC2CN(C(=O)c3cnc(N4CCNCC4)nc3)CC2CC1O.Cc1nc(N2CCN(C3CCCC3)CC2)ncc1C(=O)N1CC2CC(C)C(O)CC2C1.Cc1nc(N2CCN(C3CCCCC3)CC2)ncc1C(=O)N1CC2CC(C)C(O)CC2C1.Cc1nc(N2CCNCC2)ncc1C(=O)N1CC2CC(C)C(O)CC2C1. The van der Waals surface area contributed by atoms with Gasteiger partial charge in [-0.05, 0) is 212 Å². The number of amides is 5. The highest BCUT2D eigenvalue weighted by atomic mass is 16.3. The lowest BCUT2D eigenvalue weighted by Gasteiger charge is -2.40. The largest absolute Gasteiger partial charge is 0.393 e. The van der Waals surface area contributed by atoms with Crippen LogP contribution in [0.5, 0.6) is 0 Å². The molecule has 0 aromatic carbocycles. The molecule has 20 atom stereocenters. The maximum Gasteiger partial charge on any atom is 0.257 e. The fraction of sp³-hybridized carbons (Fsp3) is 0.771. The van der Waals surface area contributed by atoms with E-state index < -0.39 is 0 Å². The topological polar surface area (TPSA) is 382 Å². The first-order chi connectivity index (χ1) is 69.7. The van der Waals surface area contributed by atoms with Gasteiger partial charge in [0.15, 0.2) is 0 Å². The molecule has 0 spiro atoms. The Morgan fingerprint density at radius 2 is 0.458 bits per heavy atom. The second kappa shape index (κ2) is 47.0. The maximum absolute atomic E-state index is 13.2. The number of nitrogens with zero attached hydrogens (tertiary/aromatic N) is 23. The maximum atomic E-state index is 13.2. The monoisotopic (exact) mass is 1990 g/mol. The van der Waals surface area contributed by atoms with Gasteiger partial charge in [0, 0.05) is 258 Å². The minimum absolute atomic E-state index is 0.0170. The van der Waals surface area contributed by atoms with Gasteiger partial charge in [0.05, 0.1) is 75.4 Å². The predicted molar refractivity (Wildman–Crippen MR) is 554 cm³/mol. The Morgan fingerprint density at radius 3 is 0.701 bits per heavy atom. The van der Waals surface area contributed by atoms with Crippen molar-refractivity contribution in [1.82, 2.24) is 99.7 Å². The molecule has 5 aromatic rings. The Hall–Kier alpha value is -8.65. The number of fused-ring (bicyclic) bond motifs is 5. The summed E-state index contributed by atoms with van der Waals surface area (Å²) in [4.78, 5) is 140. The molecule has 18 fully saturated rings. The molecule has 35 heteroatoms. The number of carbonyl (C=O) groups is 5. The van der Waals surface area contributed by atoms with Crippen LogP contribution >= 0.6 is 0 Å². The summed E-state index contributed by atoms with van der Waals surface area (Å²) in [6.45, 7) is 43.6. The summed E-state index contributed by atoms with van der Waals surface area (Å²) in [5, 5.41) is 57.5. The molecule has 8 aliphatic carbocycles. The molecule has 8 saturated carbocycles. The summed E-state index contributed by atoms with van der Waals surface area (Å²) in [6, 6.07) is 2.32. The van der Waals surface area contributed by atoms with Gasteiger partial charge in [-0.25, -0.2) is 49.8 Å². The summed E-state index contributed by atoms with van der Waals surface area (Å²) in [6.07, 6.45) is 37.6. The molecule has 15 heterocycles. The van der Waals surface area contributed by atoms with Crippen molar-refractivity contribution in [2.45, 2.75) is 252 Å². The fourth-order valence-corrected chi connectivity index (χ4v) is 28.2. The van der Waals surface area contributed by atoms with E-state index in [0.29, 0.717) is 128 Å². The highest BCUT2D eigenvalue weighted by molar-refractivity contribution is 5.97. The molecular formula is C109H167N25O10. The van der Waals surface area contributed by atoms with E-state index >= 15 is 0 Å². The van der Waals surface area contributed by atoms with E-state index in [4.69, 9.17) is 9.97 Å². The third kappa shape index (κ3) is 24.3. The fourth-order valence-electron chi connectivity index (χ4n) is 28.2. The highest BCUT2D eigenvalue weighted by Crippen LogP contribution is 2.46. The first-order valence-electron chi connectivity index (χ1n) is 56.1.